The maximum absolute atomic E-state index is 11.1. The van der Waals surface area contributed by atoms with Crippen molar-refractivity contribution >= 4 is 11.4 Å². The van der Waals surface area contributed by atoms with Gasteiger partial charge in [0, 0.05) is 37.2 Å². The number of benzene rings is 1. The van der Waals surface area contributed by atoms with E-state index < -0.39 is 0 Å². The highest BCUT2D eigenvalue weighted by Gasteiger charge is 2.19. The van der Waals surface area contributed by atoms with Gasteiger partial charge < -0.3 is 14.2 Å². The van der Waals surface area contributed by atoms with E-state index in [0.717, 1.165) is 18.8 Å². The Bertz CT molecular complexity index is 606. The van der Waals surface area contributed by atoms with Crippen molar-refractivity contribution in [1.29, 1.82) is 0 Å². The van der Waals surface area contributed by atoms with Crippen LogP contribution in [0, 0.1) is 10.1 Å². The van der Waals surface area contributed by atoms with Crippen LogP contribution in [0.1, 0.15) is 0 Å². The maximum atomic E-state index is 11.1. The minimum absolute atomic E-state index is 0.0695. The first-order valence-electron chi connectivity index (χ1n) is 6.35. The summed E-state index contributed by atoms with van der Waals surface area (Å²) < 4.78 is 6.98. The first-order valence-corrected chi connectivity index (χ1v) is 6.35. The molecule has 0 amide bonds. The van der Waals surface area contributed by atoms with Gasteiger partial charge in [0.1, 0.15) is 5.69 Å². The number of hydrogen-bond acceptors (Lipinski definition) is 5. The second kappa shape index (κ2) is 5.30. The highest BCUT2D eigenvalue weighted by atomic mass is 16.6. The van der Waals surface area contributed by atoms with Crippen molar-refractivity contribution in [3.05, 3.63) is 47.0 Å². The van der Waals surface area contributed by atoms with E-state index in [1.165, 1.54) is 0 Å². The van der Waals surface area contributed by atoms with Crippen LogP contribution in [0.15, 0.2) is 36.9 Å². The van der Waals surface area contributed by atoms with Crippen molar-refractivity contribution in [1.82, 2.24) is 9.55 Å². The summed E-state index contributed by atoms with van der Waals surface area (Å²) in [6.07, 6.45) is 4.86. The number of morpholine rings is 1. The van der Waals surface area contributed by atoms with Gasteiger partial charge in [-0.05, 0) is 12.1 Å². The normalized spacial score (nSPS) is 15.3. The van der Waals surface area contributed by atoms with Crippen LogP contribution in [-0.2, 0) is 4.74 Å². The van der Waals surface area contributed by atoms with Crippen LogP contribution in [0.5, 0.6) is 0 Å². The molecule has 1 aromatic heterocycles. The van der Waals surface area contributed by atoms with E-state index in [1.807, 2.05) is 6.07 Å². The summed E-state index contributed by atoms with van der Waals surface area (Å²) in [4.78, 5) is 16.9. The Morgan fingerprint density at radius 1 is 1.30 bits per heavy atom. The Morgan fingerprint density at radius 3 is 2.75 bits per heavy atom. The fourth-order valence-corrected chi connectivity index (χ4v) is 2.29. The summed E-state index contributed by atoms with van der Waals surface area (Å²) in [5.74, 6) is 0. The van der Waals surface area contributed by atoms with Gasteiger partial charge >= 0.3 is 0 Å². The zero-order chi connectivity index (χ0) is 13.9. The summed E-state index contributed by atoms with van der Waals surface area (Å²) in [6.45, 7) is 2.94. The molecule has 0 spiro atoms. The quantitative estimate of drug-likeness (QED) is 0.628. The molecule has 0 bridgehead atoms. The van der Waals surface area contributed by atoms with Crippen LogP contribution in [0.2, 0.25) is 0 Å². The van der Waals surface area contributed by atoms with Crippen LogP contribution in [0.25, 0.3) is 5.69 Å². The number of nitrogens with zero attached hydrogens (tertiary/aromatic N) is 4. The topological polar surface area (TPSA) is 73.4 Å². The van der Waals surface area contributed by atoms with Crippen molar-refractivity contribution in [2.45, 2.75) is 0 Å². The van der Waals surface area contributed by atoms with Gasteiger partial charge in [-0.3, -0.25) is 10.1 Å². The molecule has 7 heteroatoms. The lowest BCUT2D eigenvalue weighted by atomic mass is 10.2. The summed E-state index contributed by atoms with van der Waals surface area (Å²) in [5.41, 5.74) is 1.55. The Morgan fingerprint density at radius 2 is 2.10 bits per heavy atom. The Balaban J connectivity index is 2.02. The number of anilines is 1. The zero-order valence-electron chi connectivity index (χ0n) is 10.8. The number of nitro groups is 1. The third-order valence-electron chi connectivity index (χ3n) is 3.31. The number of aromatic nitrogens is 2. The van der Waals surface area contributed by atoms with Crippen molar-refractivity contribution in [2.24, 2.45) is 0 Å². The van der Waals surface area contributed by atoms with Crippen LogP contribution in [0.3, 0.4) is 0 Å². The van der Waals surface area contributed by atoms with E-state index in [1.54, 1.807) is 35.4 Å². The van der Waals surface area contributed by atoms with Crippen molar-refractivity contribution in [3.63, 3.8) is 0 Å². The van der Waals surface area contributed by atoms with Gasteiger partial charge in [0.15, 0.2) is 0 Å². The molecule has 20 heavy (non-hydrogen) atoms. The Labute approximate surface area is 115 Å². The average Bonchev–Trinajstić information content (AvgIpc) is 3.01. The minimum atomic E-state index is -0.377. The van der Waals surface area contributed by atoms with Crippen LogP contribution < -0.4 is 4.90 Å². The molecule has 7 nitrogen and oxygen atoms in total. The van der Waals surface area contributed by atoms with E-state index in [9.17, 15) is 10.1 Å². The minimum Gasteiger partial charge on any atom is -0.378 e. The number of ether oxygens (including phenoxy) is 1. The summed E-state index contributed by atoms with van der Waals surface area (Å²) in [5, 5.41) is 11.1. The van der Waals surface area contributed by atoms with E-state index >= 15 is 0 Å². The van der Waals surface area contributed by atoms with E-state index in [0.29, 0.717) is 18.9 Å². The molecular weight excluding hydrogens is 260 g/mol. The SMILES string of the molecule is O=[N+]([O-])c1ccc(N2CCOCC2)cc1-n1ccnc1. The summed E-state index contributed by atoms with van der Waals surface area (Å²) >= 11 is 0. The maximum Gasteiger partial charge on any atom is 0.293 e. The molecule has 0 N–H and O–H groups in total. The molecule has 0 unspecified atom stereocenters. The molecule has 104 valence electrons. The Hall–Kier alpha value is -2.41. The van der Waals surface area contributed by atoms with Crippen LogP contribution in [-0.4, -0.2) is 40.8 Å². The van der Waals surface area contributed by atoms with Gasteiger partial charge in [0.25, 0.3) is 5.69 Å². The molecule has 1 aromatic carbocycles. The third-order valence-corrected chi connectivity index (χ3v) is 3.31. The molecule has 0 aliphatic carbocycles. The van der Waals surface area contributed by atoms with Crippen LogP contribution >= 0.6 is 0 Å². The molecule has 1 aliphatic heterocycles. The van der Waals surface area contributed by atoms with E-state index in [2.05, 4.69) is 9.88 Å². The monoisotopic (exact) mass is 274 g/mol. The van der Waals surface area contributed by atoms with Crippen molar-refractivity contribution < 1.29 is 9.66 Å². The molecule has 0 radical (unpaired) electrons. The van der Waals surface area contributed by atoms with E-state index in [4.69, 9.17) is 4.74 Å². The third kappa shape index (κ3) is 2.35. The molecule has 1 fully saturated rings. The number of imidazole rings is 1. The lowest BCUT2D eigenvalue weighted by Gasteiger charge is -2.29. The predicted molar refractivity (Wildman–Crippen MR) is 73.3 cm³/mol. The molecule has 0 saturated carbocycles. The number of hydrogen-bond donors (Lipinski definition) is 0. The second-order valence-electron chi connectivity index (χ2n) is 4.50. The first kappa shape index (κ1) is 12.6. The predicted octanol–water partition coefficient (Wildman–Crippen LogP) is 1.62. The number of nitro benzene ring substituents is 1. The zero-order valence-corrected chi connectivity index (χ0v) is 10.8. The highest BCUT2D eigenvalue weighted by Crippen LogP contribution is 2.28. The average molecular weight is 274 g/mol. The van der Waals surface area contributed by atoms with Gasteiger partial charge in [-0.25, -0.2) is 4.98 Å². The summed E-state index contributed by atoms with van der Waals surface area (Å²) in [6, 6.07) is 5.15. The smallest absolute Gasteiger partial charge is 0.293 e. The molecule has 2 heterocycles. The molecular formula is C13H14N4O3. The van der Waals surface area contributed by atoms with Gasteiger partial charge in [-0.1, -0.05) is 0 Å². The van der Waals surface area contributed by atoms with E-state index in [-0.39, 0.29) is 10.6 Å². The molecule has 2 aromatic rings. The molecule has 1 saturated heterocycles. The second-order valence-corrected chi connectivity index (χ2v) is 4.50. The standard InChI is InChI=1S/C13H14N4O3/c18-17(19)12-2-1-11(15-5-7-20-8-6-15)9-13(12)16-4-3-14-10-16/h1-4,9-10H,5-8H2. The highest BCUT2D eigenvalue weighted by molar-refractivity contribution is 5.63. The van der Waals surface area contributed by atoms with Gasteiger partial charge in [0.05, 0.1) is 24.5 Å². The summed E-state index contributed by atoms with van der Waals surface area (Å²) in [7, 11) is 0. The Kier molecular flexibility index (Phi) is 3.34. The molecule has 0 atom stereocenters. The van der Waals surface area contributed by atoms with Crippen molar-refractivity contribution in [3.8, 4) is 5.69 Å². The fourth-order valence-electron chi connectivity index (χ4n) is 2.29. The fraction of sp³-hybridized carbons (Fsp3) is 0.308. The number of rotatable bonds is 3. The van der Waals surface area contributed by atoms with Gasteiger partial charge in [0.2, 0.25) is 0 Å². The first-order chi connectivity index (χ1) is 9.75. The van der Waals surface area contributed by atoms with Crippen molar-refractivity contribution in [2.75, 3.05) is 31.2 Å². The largest absolute Gasteiger partial charge is 0.378 e. The molecule has 3 rings (SSSR count). The lowest BCUT2D eigenvalue weighted by Crippen LogP contribution is -2.36. The van der Waals surface area contributed by atoms with Gasteiger partial charge in [-0.15, -0.1) is 0 Å². The molecule has 1 aliphatic rings. The van der Waals surface area contributed by atoms with Crippen LogP contribution in [0.4, 0.5) is 11.4 Å². The van der Waals surface area contributed by atoms with Gasteiger partial charge in [-0.2, -0.15) is 0 Å². The lowest BCUT2D eigenvalue weighted by molar-refractivity contribution is -0.384.